The first-order valence-corrected chi connectivity index (χ1v) is 13.8. The third-order valence-electron chi connectivity index (χ3n) is 7.36. The molecule has 1 fully saturated rings. The molecule has 0 atom stereocenters. The highest BCUT2D eigenvalue weighted by atomic mass is 32.1. The van der Waals surface area contributed by atoms with E-state index in [-0.39, 0.29) is 17.0 Å². The van der Waals surface area contributed by atoms with E-state index < -0.39 is 0 Å². The van der Waals surface area contributed by atoms with Crippen LogP contribution in [0.5, 0.6) is 0 Å². The van der Waals surface area contributed by atoms with E-state index in [1.54, 1.807) is 37.1 Å². The van der Waals surface area contributed by atoms with Crippen molar-refractivity contribution in [2.75, 3.05) is 5.32 Å². The zero-order valence-corrected chi connectivity index (χ0v) is 21.7. The molecular weight excluding hydrogens is 513 g/mol. The van der Waals surface area contributed by atoms with E-state index in [0.29, 0.717) is 5.69 Å². The van der Waals surface area contributed by atoms with Crippen molar-refractivity contribution >= 4 is 44.7 Å². The van der Waals surface area contributed by atoms with Crippen LogP contribution in [0.2, 0.25) is 0 Å². The smallest absolute Gasteiger partial charge is 0.227 e. The van der Waals surface area contributed by atoms with E-state index in [2.05, 4.69) is 35.5 Å². The SMILES string of the molecule is O=C(Nc1cncc(-c2cc3c(-c4cc5c(-c6ccc(F)s6)cncc5[nH]4)n[nH]c3cn2)c1)C1CCCCC1. The number of amides is 1. The molecule has 3 N–H and O–H groups in total. The number of pyridine rings is 3. The third-order valence-corrected chi connectivity index (χ3v) is 8.27. The number of hydrogen-bond acceptors (Lipinski definition) is 6. The summed E-state index contributed by atoms with van der Waals surface area (Å²) in [6, 6.07) is 9.13. The fourth-order valence-corrected chi connectivity index (χ4v) is 6.13. The van der Waals surface area contributed by atoms with Gasteiger partial charge in [-0.25, -0.2) is 0 Å². The molecule has 0 radical (unpaired) electrons. The molecule has 0 unspecified atom stereocenters. The number of anilines is 1. The van der Waals surface area contributed by atoms with Crippen LogP contribution in [0.15, 0.2) is 61.3 Å². The summed E-state index contributed by atoms with van der Waals surface area (Å²) in [5.74, 6) is 0.128. The van der Waals surface area contributed by atoms with Crippen molar-refractivity contribution in [2.45, 2.75) is 32.1 Å². The van der Waals surface area contributed by atoms with E-state index in [0.717, 1.165) is 91.9 Å². The molecule has 6 aromatic rings. The lowest BCUT2D eigenvalue weighted by molar-refractivity contribution is -0.120. The van der Waals surface area contributed by atoms with Crippen molar-refractivity contribution in [3.63, 3.8) is 0 Å². The van der Waals surface area contributed by atoms with Gasteiger partial charge in [0.1, 0.15) is 5.69 Å². The van der Waals surface area contributed by atoms with Gasteiger partial charge in [-0.05, 0) is 43.2 Å². The molecule has 1 amide bonds. The van der Waals surface area contributed by atoms with Gasteiger partial charge in [-0.3, -0.25) is 24.8 Å². The average molecular weight is 538 g/mol. The number of carbonyl (C=O) groups excluding carboxylic acids is 1. The molecule has 7 rings (SSSR count). The van der Waals surface area contributed by atoms with E-state index in [9.17, 15) is 9.18 Å². The lowest BCUT2D eigenvalue weighted by Crippen LogP contribution is -2.24. The second kappa shape index (κ2) is 9.70. The van der Waals surface area contributed by atoms with Crippen molar-refractivity contribution in [1.29, 1.82) is 0 Å². The summed E-state index contributed by atoms with van der Waals surface area (Å²) in [6.07, 6.45) is 14.0. The lowest BCUT2D eigenvalue weighted by atomic mass is 9.88. The van der Waals surface area contributed by atoms with Crippen molar-refractivity contribution in [2.24, 2.45) is 5.92 Å². The zero-order chi connectivity index (χ0) is 26.3. The topological polar surface area (TPSA) is 112 Å². The van der Waals surface area contributed by atoms with Crippen LogP contribution >= 0.6 is 11.3 Å². The number of fused-ring (bicyclic) bond motifs is 2. The highest BCUT2D eigenvalue weighted by Gasteiger charge is 2.21. The minimum Gasteiger partial charge on any atom is -0.352 e. The number of rotatable bonds is 5. The third kappa shape index (κ3) is 4.46. The molecule has 10 heteroatoms. The second-order valence-corrected chi connectivity index (χ2v) is 10.9. The van der Waals surface area contributed by atoms with E-state index >= 15 is 0 Å². The summed E-state index contributed by atoms with van der Waals surface area (Å²) in [5, 5.41) is 12.3. The van der Waals surface area contributed by atoms with Gasteiger partial charge >= 0.3 is 0 Å². The minimum atomic E-state index is -0.233. The fourth-order valence-electron chi connectivity index (χ4n) is 5.37. The highest BCUT2D eigenvalue weighted by molar-refractivity contribution is 7.14. The van der Waals surface area contributed by atoms with Gasteiger partial charge < -0.3 is 10.3 Å². The van der Waals surface area contributed by atoms with E-state index in [1.165, 1.54) is 12.5 Å². The Labute approximate surface area is 226 Å². The Bertz CT molecular complexity index is 1830. The fraction of sp³-hybridized carbons (Fsp3) is 0.207. The summed E-state index contributed by atoms with van der Waals surface area (Å²) < 4.78 is 13.7. The lowest BCUT2D eigenvalue weighted by Gasteiger charge is -2.20. The number of nitrogens with zero attached hydrogens (tertiary/aromatic N) is 4. The maximum atomic E-state index is 13.7. The highest BCUT2D eigenvalue weighted by Crippen LogP contribution is 2.36. The van der Waals surface area contributed by atoms with Crippen LogP contribution in [0.1, 0.15) is 32.1 Å². The Kier molecular flexibility index (Phi) is 5.89. The maximum Gasteiger partial charge on any atom is 0.227 e. The molecule has 0 aromatic carbocycles. The number of aromatic nitrogens is 6. The number of hydrogen-bond donors (Lipinski definition) is 3. The molecule has 0 bridgehead atoms. The first kappa shape index (κ1) is 23.7. The van der Waals surface area contributed by atoms with Crippen LogP contribution in [-0.2, 0) is 4.79 Å². The first-order valence-electron chi connectivity index (χ1n) is 13.0. The first-order chi connectivity index (χ1) is 19.1. The minimum absolute atomic E-state index is 0.0622. The average Bonchev–Trinajstić information content (AvgIpc) is 3.71. The number of nitrogens with one attached hydrogen (secondary N) is 3. The van der Waals surface area contributed by atoms with Gasteiger partial charge in [0.15, 0.2) is 5.13 Å². The van der Waals surface area contributed by atoms with Crippen molar-refractivity contribution in [3.8, 4) is 33.1 Å². The van der Waals surface area contributed by atoms with Crippen LogP contribution in [0, 0.1) is 11.0 Å². The van der Waals surface area contributed by atoms with Crippen molar-refractivity contribution < 1.29 is 9.18 Å². The second-order valence-electron chi connectivity index (χ2n) is 9.91. The molecule has 0 spiro atoms. The van der Waals surface area contributed by atoms with E-state index in [4.69, 9.17) is 0 Å². The van der Waals surface area contributed by atoms with Gasteiger partial charge in [-0.1, -0.05) is 19.3 Å². The largest absolute Gasteiger partial charge is 0.352 e. The summed E-state index contributed by atoms with van der Waals surface area (Å²) in [5.41, 5.74) is 6.23. The predicted octanol–water partition coefficient (Wildman–Crippen LogP) is 6.95. The number of thiophene rings is 1. The van der Waals surface area contributed by atoms with Gasteiger partial charge in [0, 0.05) is 45.1 Å². The normalized spacial score (nSPS) is 14.3. The molecule has 1 saturated carbocycles. The Morgan fingerprint density at radius 1 is 0.949 bits per heavy atom. The van der Waals surface area contributed by atoms with E-state index in [1.807, 2.05) is 18.2 Å². The Morgan fingerprint density at radius 2 is 1.82 bits per heavy atom. The van der Waals surface area contributed by atoms with Crippen LogP contribution in [0.3, 0.4) is 0 Å². The monoisotopic (exact) mass is 537 g/mol. The quantitative estimate of drug-likeness (QED) is 0.220. The molecule has 1 aliphatic carbocycles. The number of carbonyl (C=O) groups is 1. The maximum absolute atomic E-state index is 13.7. The molecule has 39 heavy (non-hydrogen) atoms. The molecule has 1 aliphatic rings. The Morgan fingerprint density at radius 3 is 2.67 bits per heavy atom. The molecule has 0 aliphatic heterocycles. The van der Waals surface area contributed by atoms with Gasteiger partial charge in [-0.15, -0.1) is 11.3 Å². The Balaban J connectivity index is 1.22. The van der Waals surface area contributed by atoms with Crippen molar-refractivity contribution in [1.82, 2.24) is 30.1 Å². The van der Waals surface area contributed by atoms with Gasteiger partial charge in [-0.2, -0.15) is 9.49 Å². The van der Waals surface area contributed by atoms with Crippen LogP contribution in [-0.4, -0.2) is 36.0 Å². The molecule has 8 nitrogen and oxygen atoms in total. The van der Waals surface area contributed by atoms with Gasteiger partial charge in [0.25, 0.3) is 0 Å². The number of aromatic amines is 2. The van der Waals surface area contributed by atoms with Crippen LogP contribution in [0.25, 0.3) is 54.9 Å². The molecular formula is C29H24FN7OS. The van der Waals surface area contributed by atoms with Crippen LogP contribution in [0.4, 0.5) is 10.1 Å². The molecule has 6 heterocycles. The molecule has 194 valence electrons. The van der Waals surface area contributed by atoms with Gasteiger partial charge in [0.2, 0.25) is 5.91 Å². The zero-order valence-electron chi connectivity index (χ0n) is 20.9. The van der Waals surface area contributed by atoms with Gasteiger partial charge in [0.05, 0.1) is 46.7 Å². The van der Waals surface area contributed by atoms with Crippen molar-refractivity contribution in [3.05, 3.63) is 66.4 Å². The molecule has 6 aromatic heterocycles. The van der Waals surface area contributed by atoms with Crippen LogP contribution < -0.4 is 5.32 Å². The number of H-pyrrole nitrogens is 2. The molecule has 0 saturated heterocycles. The summed E-state index contributed by atoms with van der Waals surface area (Å²) >= 11 is 1.09. The number of halogens is 1. The summed E-state index contributed by atoms with van der Waals surface area (Å²) in [7, 11) is 0. The summed E-state index contributed by atoms with van der Waals surface area (Å²) in [4.78, 5) is 30.3. The Hall–Kier alpha value is -4.44. The summed E-state index contributed by atoms with van der Waals surface area (Å²) in [6.45, 7) is 0. The standard InChI is InChI=1S/C29H24FN7OS/c30-27-7-6-26(39-27)21-13-32-14-24-19(21)9-23(35-24)28-20-10-22(33-15-25(20)36-37-28)17-8-18(12-31-11-17)34-29(38)16-4-2-1-3-5-16/h6-16,35H,1-5H2,(H,34,38)(H,36,37). The predicted molar refractivity (Wildman–Crippen MR) is 151 cm³/mol.